The van der Waals surface area contributed by atoms with Gasteiger partial charge in [-0.05, 0) is 25.3 Å². The maximum Gasteiger partial charge on any atom is 0.274 e. The summed E-state index contributed by atoms with van der Waals surface area (Å²) in [7, 11) is 3.95. The quantitative estimate of drug-likeness (QED) is 0.707. The molecule has 3 aromatic rings. The summed E-state index contributed by atoms with van der Waals surface area (Å²) in [4.78, 5) is 15.1. The number of fused-ring (bicyclic) bond motifs is 1. The number of aromatic nitrogens is 4. The molecule has 0 saturated heterocycles. The highest BCUT2D eigenvalue weighted by Gasteiger charge is 2.30. The van der Waals surface area contributed by atoms with Gasteiger partial charge < -0.3 is 4.90 Å². The smallest absolute Gasteiger partial charge is 0.274 e. The van der Waals surface area contributed by atoms with E-state index in [9.17, 15) is 4.79 Å². The SMILES string of the molecule is Cn1nc(C(=O)N2CCc3c(-c4ccccc4)nn(C)c3CC2)cc1C1CC1. The van der Waals surface area contributed by atoms with Crippen LogP contribution in [0, 0.1) is 0 Å². The molecule has 2 aliphatic rings. The van der Waals surface area contributed by atoms with Gasteiger partial charge in [-0.2, -0.15) is 10.2 Å². The van der Waals surface area contributed by atoms with Crippen LogP contribution in [0.15, 0.2) is 36.4 Å². The zero-order valence-electron chi connectivity index (χ0n) is 16.4. The molecule has 0 unspecified atom stereocenters. The van der Waals surface area contributed by atoms with Crippen LogP contribution in [0.3, 0.4) is 0 Å². The molecule has 1 saturated carbocycles. The fourth-order valence-corrected chi connectivity index (χ4v) is 4.32. The van der Waals surface area contributed by atoms with Crippen LogP contribution in [0.4, 0.5) is 0 Å². The number of nitrogens with zero attached hydrogens (tertiary/aromatic N) is 5. The summed E-state index contributed by atoms with van der Waals surface area (Å²) in [6, 6.07) is 12.3. The minimum absolute atomic E-state index is 0.0459. The van der Waals surface area contributed by atoms with E-state index < -0.39 is 0 Å². The molecule has 1 aromatic carbocycles. The Morgan fingerprint density at radius 1 is 1.00 bits per heavy atom. The first-order chi connectivity index (χ1) is 13.6. The molecular weight excluding hydrogens is 350 g/mol. The molecule has 5 rings (SSSR count). The van der Waals surface area contributed by atoms with Crippen molar-refractivity contribution in [2.24, 2.45) is 14.1 Å². The third kappa shape index (κ3) is 2.93. The highest BCUT2D eigenvalue weighted by molar-refractivity contribution is 5.92. The van der Waals surface area contributed by atoms with Gasteiger partial charge >= 0.3 is 0 Å². The normalized spacial score (nSPS) is 16.7. The van der Waals surface area contributed by atoms with E-state index in [1.807, 2.05) is 52.6 Å². The van der Waals surface area contributed by atoms with Crippen molar-refractivity contribution in [3.63, 3.8) is 0 Å². The highest BCUT2D eigenvalue weighted by Crippen LogP contribution is 2.40. The van der Waals surface area contributed by atoms with Crippen LogP contribution >= 0.6 is 0 Å². The number of amides is 1. The van der Waals surface area contributed by atoms with Gasteiger partial charge in [0.05, 0.1) is 5.69 Å². The van der Waals surface area contributed by atoms with E-state index in [0.717, 1.165) is 24.1 Å². The summed E-state index contributed by atoms with van der Waals surface area (Å²) in [6.07, 6.45) is 4.06. The number of rotatable bonds is 3. The number of benzene rings is 1. The molecule has 3 heterocycles. The Bertz CT molecular complexity index is 1030. The van der Waals surface area contributed by atoms with Gasteiger partial charge in [0.1, 0.15) is 0 Å². The van der Waals surface area contributed by atoms with E-state index in [2.05, 4.69) is 17.2 Å². The van der Waals surface area contributed by atoms with Crippen molar-refractivity contribution in [1.82, 2.24) is 24.5 Å². The third-order valence-corrected chi connectivity index (χ3v) is 5.99. The van der Waals surface area contributed by atoms with Crippen LogP contribution in [0.2, 0.25) is 0 Å². The molecule has 1 aliphatic heterocycles. The largest absolute Gasteiger partial charge is 0.337 e. The molecular formula is C22H25N5O. The first-order valence-corrected chi connectivity index (χ1v) is 10.0. The number of hydrogen-bond acceptors (Lipinski definition) is 3. The molecule has 6 nitrogen and oxygen atoms in total. The Morgan fingerprint density at radius 3 is 2.50 bits per heavy atom. The summed E-state index contributed by atoms with van der Waals surface area (Å²) < 4.78 is 3.87. The van der Waals surface area contributed by atoms with Crippen LogP contribution in [0.5, 0.6) is 0 Å². The van der Waals surface area contributed by atoms with E-state index in [4.69, 9.17) is 5.10 Å². The predicted octanol–water partition coefficient (Wildman–Crippen LogP) is 2.94. The van der Waals surface area contributed by atoms with Gasteiger partial charge in [-0.25, -0.2) is 0 Å². The number of carbonyl (C=O) groups is 1. The van der Waals surface area contributed by atoms with E-state index >= 15 is 0 Å². The van der Waals surface area contributed by atoms with Crippen LogP contribution in [0.1, 0.15) is 46.2 Å². The monoisotopic (exact) mass is 375 g/mol. The Morgan fingerprint density at radius 2 is 1.75 bits per heavy atom. The van der Waals surface area contributed by atoms with Gasteiger partial charge in [0.15, 0.2) is 5.69 Å². The summed E-state index contributed by atoms with van der Waals surface area (Å²) in [5.74, 6) is 0.636. The second-order valence-electron chi connectivity index (χ2n) is 7.91. The zero-order chi connectivity index (χ0) is 19.3. The minimum atomic E-state index is 0.0459. The molecule has 0 atom stereocenters. The molecule has 6 heteroatoms. The van der Waals surface area contributed by atoms with Gasteiger partial charge in [0.2, 0.25) is 0 Å². The van der Waals surface area contributed by atoms with Gasteiger partial charge in [-0.3, -0.25) is 14.2 Å². The van der Waals surface area contributed by atoms with Crippen LogP contribution in [-0.4, -0.2) is 43.5 Å². The molecule has 2 aromatic heterocycles. The molecule has 1 aliphatic carbocycles. The zero-order valence-corrected chi connectivity index (χ0v) is 16.4. The van der Waals surface area contributed by atoms with Crippen molar-refractivity contribution in [2.75, 3.05) is 13.1 Å². The van der Waals surface area contributed by atoms with Crippen molar-refractivity contribution in [2.45, 2.75) is 31.6 Å². The van der Waals surface area contributed by atoms with Crippen molar-refractivity contribution in [3.05, 3.63) is 59.0 Å². The van der Waals surface area contributed by atoms with E-state index in [0.29, 0.717) is 24.7 Å². The van der Waals surface area contributed by atoms with Crippen molar-refractivity contribution in [3.8, 4) is 11.3 Å². The Kier molecular flexibility index (Phi) is 4.07. The molecule has 144 valence electrons. The van der Waals surface area contributed by atoms with Gasteiger partial charge in [0, 0.05) is 62.0 Å². The standard InChI is InChI=1S/C22H25N5O/c1-25-19-11-13-27(22(28)18-14-20(15-8-9-15)26(2)23-18)12-10-17(19)21(24-25)16-6-4-3-5-7-16/h3-7,14-15H,8-13H2,1-2H3. The van der Waals surface area contributed by atoms with E-state index in [-0.39, 0.29) is 5.91 Å². The molecule has 28 heavy (non-hydrogen) atoms. The number of hydrogen-bond donors (Lipinski definition) is 0. The summed E-state index contributed by atoms with van der Waals surface area (Å²) >= 11 is 0. The fraction of sp³-hybridized carbons (Fsp3) is 0.409. The lowest BCUT2D eigenvalue weighted by molar-refractivity contribution is 0.0756. The first kappa shape index (κ1) is 17.2. The molecule has 1 fully saturated rings. The van der Waals surface area contributed by atoms with Gasteiger partial charge in [-0.15, -0.1) is 0 Å². The van der Waals surface area contributed by atoms with E-state index in [1.165, 1.54) is 29.8 Å². The van der Waals surface area contributed by atoms with Crippen molar-refractivity contribution in [1.29, 1.82) is 0 Å². The second kappa shape index (κ2) is 6.62. The molecule has 0 radical (unpaired) electrons. The third-order valence-electron chi connectivity index (χ3n) is 5.99. The Balaban J connectivity index is 1.39. The van der Waals surface area contributed by atoms with Crippen molar-refractivity contribution < 1.29 is 4.79 Å². The average molecular weight is 375 g/mol. The first-order valence-electron chi connectivity index (χ1n) is 10.0. The number of carbonyl (C=O) groups excluding carboxylic acids is 1. The Hall–Kier alpha value is -2.89. The molecule has 0 spiro atoms. The average Bonchev–Trinajstić information content (AvgIpc) is 3.45. The lowest BCUT2D eigenvalue weighted by Crippen LogP contribution is -2.33. The number of aryl methyl sites for hydroxylation is 2. The lowest BCUT2D eigenvalue weighted by atomic mass is 10.0. The van der Waals surface area contributed by atoms with Crippen LogP contribution < -0.4 is 0 Å². The maximum atomic E-state index is 13.1. The van der Waals surface area contributed by atoms with Crippen molar-refractivity contribution >= 4 is 5.91 Å². The summed E-state index contributed by atoms with van der Waals surface area (Å²) in [6.45, 7) is 1.40. The highest BCUT2D eigenvalue weighted by atomic mass is 16.2. The Labute approximate surface area is 164 Å². The molecule has 1 amide bonds. The fourth-order valence-electron chi connectivity index (χ4n) is 4.32. The summed E-state index contributed by atoms with van der Waals surface area (Å²) in [5, 5.41) is 9.28. The second-order valence-corrected chi connectivity index (χ2v) is 7.91. The topological polar surface area (TPSA) is 56.0 Å². The molecule has 0 N–H and O–H groups in total. The lowest BCUT2D eigenvalue weighted by Gasteiger charge is -2.19. The van der Waals surface area contributed by atoms with Gasteiger partial charge in [-0.1, -0.05) is 30.3 Å². The maximum absolute atomic E-state index is 13.1. The summed E-state index contributed by atoms with van der Waals surface area (Å²) in [5.41, 5.74) is 6.45. The predicted molar refractivity (Wildman–Crippen MR) is 107 cm³/mol. The molecule has 0 bridgehead atoms. The van der Waals surface area contributed by atoms with Crippen LogP contribution in [-0.2, 0) is 26.9 Å². The van der Waals surface area contributed by atoms with E-state index in [1.54, 1.807) is 0 Å². The van der Waals surface area contributed by atoms with Crippen LogP contribution in [0.25, 0.3) is 11.3 Å². The minimum Gasteiger partial charge on any atom is -0.337 e. The van der Waals surface area contributed by atoms with Gasteiger partial charge in [0.25, 0.3) is 5.91 Å².